The fourth-order valence-electron chi connectivity index (χ4n) is 3.49. The molecular weight excluding hydrogens is 386 g/mol. The third-order valence-corrected chi connectivity index (χ3v) is 7.27. The minimum absolute atomic E-state index is 0.163. The molecule has 1 atom stereocenters. The van der Waals surface area contributed by atoms with Gasteiger partial charge in [0.1, 0.15) is 0 Å². The Hall–Kier alpha value is -2.22. The maximum Gasteiger partial charge on any atom is 0.251 e. The highest BCUT2D eigenvalue weighted by Crippen LogP contribution is 2.21. The van der Waals surface area contributed by atoms with Crippen LogP contribution >= 0.6 is 0 Å². The van der Waals surface area contributed by atoms with E-state index < -0.39 is 10.0 Å². The van der Waals surface area contributed by atoms with Crippen molar-refractivity contribution in [2.45, 2.75) is 30.2 Å². The van der Waals surface area contributed by atoms with Gasteiger partial charge in [-0.3, -0.25) is 4.79 Å². The topological polar surface area (TPSA) is 69.7 Å². The van der Waals surface area contributed by atoms with E-state index >= 15 is 0 Å². The Labute approximate surface area is 173 Å². The van der Waals surface area contributed by atoms with Crippen molar-refractivity contribution in [3.05, 3.63) is 65.7 Å². The van der Waals surface area contributed by atoms with Crippen LogP contribution in [0.15, 0.2) is 59.5 Å². The van der Waals surface area contributed by atoms with E-state index in [1.54, 1.807) is 12.1 Å². The van der Waals surface area contributed by atoms with Crippen LogP contribution in [0.4, 0.5) is 0 Å². The van der Waals surface area contributed by atoms with E-state index in [0.717, 1.165) is 19.3 Å². The van der Waals surface area contributed by atoms with E-state index in [4.69, 9.17) is 0 Å². The number of hydrogen-bond donors (Lipinski definition) is 1. The quantitative estimate of drug-likeness (QED) is 0.719. The summed E-state index contributed by atoms with van der Waals surface area (Å²) in [5.74, 6) is -0.199. The molecule has 7 heteroatoms. The predicted molar refractivity (Wildman–Crippen MR) is 114 cm³/mol. The van der Waals surface area contributed by atoms with Crippen molar-refractivity contribution in [3.8, 4) is 0 Å². The standard InChI is InChI=1S/C22H29N3O3S/c1-24(2)20(16-18-8-4-3-5-9-18)17-23-22(26)19-10-12-21(13-11-19)29(27,28)25-14-6-7-15-25/h3-5,8-13,20H,6-7,14-17H2,1-2H3,(H,23,26). The molecule has 0 saturated carbocycles. The predicted octanol–water partition coefficient (Wildman–Crippen LogP) is 2.37. The Kier molecular flexibility index (Phi) is 7.05. The van der Waals surface area contributed by atoms with Crippen molar-refractivity contribution in [1.82, 2.24) is 14.5 Å². The van der Waals surface area contributed by atoms with Crippen molar-refractivity contribution >= 4 is 15.9 Å². The summed E-state index contributed by atoms with van der Waals surface area (Å²) in [5.41, 5.74) is 1.68. The first-order valence-electron chi connectivity index (χ1n) is 9.96. The largest absolute Gasteiger partial charge is 0.350 e. The molecule has 2 aromatic rings. The number of hydrogen-bond acceptors (Lipinski definition) is 4. The maximum atomic E-state index is 12.6. The lowest BCUT2D eigenvalue weighted by Crippen LogP contribution is -2.41. The number of likely N-dealkylation sites (N-methyl/N-ethyl adjacent to an activating group) is 1. The van der Waals surface area contributed by atoms with Gasteiger partial charge < -0.3 is 10.2 Å². The van der Waals surface area contributed by atoms with Gasteiger partial charge in [0, 0.05) is 31.2 Å². The van der Waals surface area contributed by atoms with E-state index in [2.05, 4.69) is 22.3 Å². The van der Waals surface area contributed by atoms with E-state index in [1.165, 1.54) is 22.0 Å². The Balaban J connectivity index is 1.61. The van der Waals surface area contributed by atoms with Gasteiger partial charge in [0.2, 0.25) is 10.0 Å². The molecule has 1 heterocycles. The lowest BCUT2D eigenvalue weighted by atomic mass is 10.1. The second-order valence-corrected chi connectivity index (χ2v) is 9.59. The smallest absolute Gasteiger partial charge is 0.251 e. The van der Waals surface area contributed by atoms with Gasteiger partial charge in [-0.2, -0.15) is 4.31 Å². The molecule has 3 rings (SSSR count). The molecule has 29 heavy (non-hydrogen) atoms. The summed E-state index contributed by atoms with van der Waals surface area (Å²) in [5, 5.41) is 2.97. The van der Waals surface area contributed by atoms with E-state index in [-0.39, 0.29) is 16.8 Å². The summed E-state index contributed by atoms with van der Waals surface area (Å²) >= 11 is 0. The molecule has 1 aliphatic rings. The Bertz CT molecular complexity index is 906. The number of nitrogens with one attached hydrogen (secondary N) is 1. The number of rotatable bonds is 8. The summed E-state index contributed by atoms with van der Waals surface area (Å²) in [7, 11) is 0.538. The molecule has 1 saturated heterocycles. The van der Waals surface area contributed by atoms with Gasteiger partial charge in [0.05, 0.1) is 4.90 Å². The monoisotopic (exact) mass is 415 g/mol. The number of sulfonamides is 1. The van der Waals surface area contributed by atoms with Crippen LogP contribution in [0.3, 0.4) is 0 Å². The Morgan fingerprint density at radius 3 is 2.24 bits per heavy atom. The van der Waals surface area contributed by atoms with E-state index in [9.17, 15) is 13.2 Å². The lowest BCUT2D eigenvalue weighted by molar-refractivity contribution is 0.0941. The van der Waals surface area contributed by atoms with Gasteiger partial charge in [-0.25, -0.2) is 8.42 Å². The summed E-state index contributed by atoms with van der Waals surface area (Å²) in [6, 6.07) is 16.6. The zero-order valence-electron chi connectivity index (χ0n) is 17.0. The highest BCUT2D eigenvalue weighted by molar-refractivity contribution is 7.89. The second-order valence-electron chi connectivity index (χ2n) is 7.65. The Morgan fingerprint density at radius 1 is 1.03 bits per heavy atom. The normalized spacial score (nSPS) is 16.1. The van der Waals surface area contributed by atoms with Crippen molar-refractivity contribution in [3.63, 3.8) is 0 Å². The van der Waals surface area contributed by atoms with Gasteiger partial charge in [-0.1, -0.05) is 30.3 Å². The first kappa shape index (κ1) is 21.5. The summed E-state index contributed by atoms with van der Waals surface area (Å²) in [6.45, 7) is 1.64. The minimum atomic E-state index is -3.46. The minimum Gasteiger partial charge on any atom is -0.350 e. The van der Waals surface area contributed by atoms with Gasteiger partial charge >= 0.3 is 0 Å². The molecule has 1 N–H and O–H groups in total. The molecule has 1 unspecified atom stereocenters. The zero-order chi connectivity index (χ0) is 20.9. The van der Waals surface area contributed by atoms with Crippen LogP contribution < -0.4 is 5.32 Å². The van der Waals surface area contributed by atoms with Crippen LogP contribution in [-0.2, 0) is 16.4 Å². The molecule has 6 nitrogen and oxygen atoms in total. The highest BCUT2D eigenvalue weighted by Gasteiger charge is 2.27. The molecule has 0 radical (unpaired) electrons. The van der Waals surface area contributed by atoms with Crippen molar-refractivity contribution in [1.29, 1.82) is 0 Å². The third-order valence-electron chi connectivity index (χ3n) is 5.36. The van der Waals surface area contributed by atoms with E-state index in [0.29, 0.717) is 25.2 Å². The highest BCUT2D eigenvalue weighted by atomic mass is 32.2. The molecule has 0 spiro atoms. The molecule has 156 valence electrons. The zero-order valence-corrected chi connectivity index (χ0v) is 17.9. The van der Waals surface area contributed by atoms with Gasteiger partial charge in [-0.15, -0.1) is 0 Å². The summed E-state index contributed by atoms with van der Waals surface area (Å²) in [4.78, 5) is 14.9. The first-order valence-corrected chi connectivity index (χ1v) is 11.4. The molecule has 0 aliphatic carbocycles. The molecule has 0 aromatic heterocycles. The van der Waals surface area contributed by atoms with Crippen LogP contribution in [0.5, 0.6) is 0 Å². The number of carbonyl (C=O) groups is 1. The summed E-state index contributed by atoms with van der Waals surface area (Å²) < 4.78 is 26.7. The average molecular weight is 416 g/mol. The molecule has 1 amide bonds. The van der Waals surface area contributed by atoms with Crippen LogP contribution in [0, 0.1) is 0 Å². The Morgan fingerprint density at radius 2 is 1.66 bits per heavy atom. The fraction of sp³-hybridized carbons (Fsp3) is 0.409. The average Bonchev–Trinajstić information content (AvgIpc) is 3.27. The van der Waals surface area contributed by atoms with Crippen LogP contribution in [0.25, 0.3) is 0 Å². The number of carbonyl (C=O) groups excluding carboxylic acids is 1. The third kappa shape index (κ3) is 5.44. The summed E-state index contributed by atoms with van der Waals surface area (Å²) in [6.07, 6.45) is 2.63. The molecule has 0 bridgehead atoms. The van der Waals surface area contributed by atoms with Crippen LogP contribution in [0.1, 0.15) is 28.8 Å². The fourth-order valence-corrected chi connectivity index (χ4v) is 5.01. The first-order chi connectivity index (χ1) is 13.9. The van der Waals surface area contributed by atoms with Crippen molar-refractivity contribution < 1.29 is 13.2 Å². The van der Waals surface area contributed by atoms with Crippen LogP contribution in [-0.4, -0.2) is 63.3 Å². The molecule has 2 aromatic carbocycles. The molecule has 1 aliphatic heterocycles. The number of amides is 1. The van der Waals surface area contributed by atoms with Crippen molar-refractivity contribution in [2.24, 2.45) is 0 Å². The van der Waals surface area contributed by atoms with Gasteiger partial charge in [0.25, 0.3) is 5.91 Å². The second kappa shape index (κ2) is 9.52. The SMILES string of the molecule is CN(C)C(CNC(=O)c1ccc(S(=O)(=O)N2CCCC2)cc1)Cc1ccccc1. The van der Waals surface area contributed by atoms with E-state index in [1.807, 2.05) is 32.3 Å². The lowest BCUT2D eigenvalue weighted by Gasteiger charge is -2.25. The number of benzene rings is 2. The molecular formula is C22H29N3O3S. The van der Waals surface area contributed by atoms with Gasteiger partial charge in [-0.05, 0) is 63.2 Å². The number of nitrogens with zero attached hydrogens (tertiary/aromatic N) is 2. The van der Waals surface area contributed by atoms with Crippen LogP contribution in [0.2, 0.25) is 0 Å². The maximum absolute atomic E-state index is 12.6. The molecule has 1 fully saturated rings. The van der Waals surface area contributed by atoms with Crippen molar-refractivity contribution in [2.75, 3.05) is 33.7 Å². The van der Waals surface area contributed by atoms with Gasteiger partial charge in [0.15, 0.2) is 0 Å².